The van der Waals surface area contributed by atoms with Crippen LogP contribution in [0.25, 0.3) is 0 Å². The molecule has 18 heavy (non-hydrogen) atoms. The highest BCUT2D eigenvalue weighted by Gasteiger charge is 2.41. The molecule has 0 N–H and O–H groups in total. The maximum atomic E-state index is 12.2. The van der Waals surface area contributed by atoms with E-state index >= 15 is 0 Å². The topological polar surface area (TPSA) is 38.8 Å². The Morgan fingerprint density at radius 3 is 3.11 bits per heavy atom. The summed E-state index contributed by atoms with van der Waals surface area (Å²) in [5, 5.41) is 0. The molecule has 2 aliphatic heterocycles. The molecule has 1 aromatic rings. The maximum absolute atomic E-state index is 12.2. The number of rotatable bonds is 3. The van der Waals surface area contributed by atoms with E-state index in [1.165, 1.54) is 0 Å². The number of benzene rings is 1. The molecule has 2 unspecified atom stereocenters. The normalized spacial score (nSPS) is 25.5. The van der Waals surface area contributed by atoms with Gasteiger partial charge in [0.2, 0.25) is 5.91 Å². The first-order valence-corrected chi connectivity index (χ1v) is 6.30. The number of fused-ring (bicyclic) bond motifs is 2. The lowest BCUT2D eigenvalue weighted by Gasteiger charge is -2.27. The van der Waals surface area contributed by atoms with Crippen molar-refractivity contribution in [1.82, 2.24) is 4.90 Å². The third kappa shape index (κ3) is 2.08. The molecule has 0 saturated carbocycles. The largest absolute Gasteiger partial charge is 0.497 e. The maximum Gasteiger partial charge on any atom is 0.227 e. The van der Waals surface area contributed by atoms with Crippen LogP contribution in [0.5, 0.6) is 5.75 Å². The molecule has 96 valence electrons. The molecule has 2 atom stereocenters. The van der Waals surface area contributed by atoms with E-state index in [0.29, 0.717) is 19.1 Å². The van der Waals surface area contributed by atoms with Gasteiger partial charge in [-0.15, -0.1) is 0 Å². The SMILES string of the molecule is COc1cccc(CC(=O)N2CC3CC2CO3)c1. The molecule has 2 heterocycles. The molecule has 2 bridgehead atoms. The number of methoxy groups -OCH3 is 1. The molecule has 1 aromatic carbocycles. The van der Waals surface area contributed by atoms with Crippen molar-refractivity contribution in [2.75, 3.05) is 20.3 Å². The summed E-state index contributed by atoms with van der Waals surface area (Å²) in [5.41, 5.74) is 1.00. The van der Waals surface area contributed by atoms with Crippen LogP contribution in [0, 0.1) is 0 Å². The average molecular weight is 247 g/mol. The summed E-state index contributed by atoms with van der Waals surface area (Å²) in [6, 6.07) is 7.99. The zero-order chi connectivity index (χ0) is 12.5. The molecule has 0 radical (unpaired) electrons. The lowest BCUT2D eigenvalue weighted by atomic mass is 10.1. The fourth-order valence-corrected chi connectivity index (χ4v) is 2.76. The van der Waals surface area contributed by atoms with Gasteiger partial charge in [0.05, 0.1) is 32.3 Å². The van der Waals surface area contributed by atoms with Crippen molar-refractivity contribution in [2.24, 2.45) is 0 Å². The number of carbonyl (C=O) groups is 1. The fourth-order valence-electron chi connectivity index (χ4n) is 2.76. The Bertz CT molecular complexity index is 460. The van der Waals surface area contributed by atoms with Crippen molar-refractivity contribution in [2.45, 2.75) is 25.0 Å². The first kappa shape index (κ1) is 11.5. The quantitative estimate of drug-likeness (QED) is 0.806. The fraction of sp³-hybridized carbons (Fsp3) is 0.500. The van der Waals surface area contributed by atoms with Crippen molar-refractivity contribution in [3.05, 3.63) is 29.8 Å². The number of hydrogen-bond donors (Lipinski definition) is 0. The van der Waals surface area contributed by atoms with Crippen LogP contribution in [0.3, 0.4) is 0 Å². The summed E-state index contributed by atoms with van der Waals surface area (Å²) in [4.78, 5) is 14.2. The van der Waals surface area contributed by atoms with Crippen LogP contribution in [0.4, 0.5) is 0 Å². The number of likely N-dealkylation sites (tertiary alicyclic amines) is 1. The van der Waals surface area contributed by atoms with Crippen molar-refractivity contribution in [1.29, 1.82) is 0 Å². The minimum atomic E-state index is 0.194. The average Bonchev–Trinajstić information content (AvgIpc) is 3.01. The molecular weight excluding hydrogens is 230 g/mol. The Hall–Kier alpha value is -1.55. The number of nitrogens with zero attached hydrogens (tertiary/aromatic N) is 1. The van der Waals surface area contributed by atoms with Crippen LogP contribution in [0.15, 0.2) is 24.3 Å². The van der Waals surface area contributed by atoms with Crippen molar-refractivity contribution in [3.8, 4) is 5.75 Å². The molecule has 2 fully saturated rings. The summed E-state index contributed by atoms with van der Waals surface area (Å²) in [5.74, 6) is 0.991. The van der Waals surface area contributed by atoms with Crippen LogP contribution < -0.4 is 4.74 Å². The van der Waals surface area contributed by atoms with Gasteiger partial charge in [-0.2, -0.15) is 0 Å². The van der Waals surface area contributed by atoms with Crippen molar-refractivity contribution >= 4 is 5.91 Å². The van der Waals surface area contributed by atoms with E-state index < -0.39 is 0 Å². The van der Waals surface area contributed by atoms with Gasteiger partial charge < -0.3 is 14.4 Å². The predicted molar refractivity (Wildman–Crippen MR) is 66.6 cm³/mol. The molecule has 0 aromatic heterocycles. The minimum Gasteiger partial charge on any atom is -0.497 e. The third-order valence-corrected chi connectivity index (χ3v) is 3.71. The van der Waals surface area contributed by atoms with Crippen molar-refractivity contribution in [3.63, 3.8) is 0 Å². The van der Waals surface area contributed by atoms with E-state index in [2.05, 4.69) is 0 Å². The predicted octanol–water partition coefficient (Wildman–Crippen LogP) is 1.24. The summed E-state index contributed by atoms with van der Waals surface area (Å²) < 4.78 is 10.7. The molecule has 3 rings (SSSR count). The molecule has 0 aliphatic carbocycles. The molecule has 4 nitrogen and oxygen atoms in total. The summed E-state index contributed by atoms with van der Waals surface area (Å²) in [7, 11) is 1.64. The second kappa shape index (κ2) is 4.61. The zero-order valence-electron chi connectivity index (χ0n) is 10.5. The van der Waals surface area contributed by atoms with Gasteiger partial charge in [0.25, 0.3) is 0 Å². The number of morpholine rings is 1. The zero-order valence-corrected chi connectivity index (χ0v) is 10.5. The Morgan fingerprint density at radius 2 is 2.44 bits per heavy atom. The number of amides is 1. The third-order valence-electron chi connectivity index (χ3n) is 3.71. The number of ether oxygens (including phenoxy) is 2. The standard InChI is InChI=1S/C14H17NO3/c1-17-12-4-2-3-10(5-12)6-14(16)15-8-13-7-11(15)9-18-13/h2-5,11,13H,6-9H2,1H3. The highest BCUT2D eigenvalue weighted by Crippen LogP contribution is 2.28. The smallest absolute Gasteiger partial charge is 0.227 e. The first-order valence-electron chi connectivity index (χ1n) is 6.30. The van der Waals surface area contributed by atoms with Crippen LogP contribution in [0.1, 0.15) is 12.0 Å². The highest BCUT2D eigenvalue weighted by atomic mass is 16.5. The van der Waals surface area contributed by atoms with E-state index in [1.54, 1.807) is 7.11 Å². The molecule has 1 amide bonds. The van der Waals surface area contributed by atoms with E-state index in [0.717, 1.165) is 24.3 Å². The lowest BCUT2D eigenvalue weighted by molar-refractivity contribution is -0.134. The van der Waals surface area contributed by atoms with E-state index in [1.807, 2.05) is 29.2 Å². The van der Waals surface area contributed by atoms with Gasteiger partial charge in [0, 0.05) is 6.54 Å². The number of hydrogen-bond acceptors (Lipinski definition) is 3. The minimum absolute atomic E-state index is 0.194. The van der Waals surface area contributed by atoms with Gasteiger partial charge >= 0.3 is 0 Å². The Labute approximate surface area is 106 Å². The van der Waals surface area contributed by atoms with E-state index in [9.17, 15) is 4.79 Å². The Kier molecular flexibility index (Phi) is 2.96. The first-order chi connectivity index (χ1) is 8.76. The second-order valence-corrected chi connectivity index (χ2v) is 4.92. The van der Waals surface area contributed by atoms with Gasteiger partial charge in [-0.3, -0.25) is 4.79 Å². The van der Waals surface area contributed by atoms with Gasteiger partial charge in [0.15, 0.2) is 0 Å². The molecule has 4 heteroatoms. The van der Waals surface area contributed by atoms with Gasteiger partial charge in [0.1, 0.15) is 5.75 Å². The van der Waals surface area contributed by atoms with Gasteiger partial charge in [-0.1, -0.05) is 12.1 Å². The van der Waals surface area contributed by atoms with E-state index in [4.69, 9.17) is 9.47 Å². The van der Waals surface area contributed by atoms with Crippen LogP contribution >= 0.6 is 0 Å². The molecule has 2 aliphatic rings. The second-order valence-electron chi connectivity index (χ2n) is 4.92. The van der Waals surface area contributed by atoms with Gasteiger partial charge in [-0.25, -0.2) is 0 Å². The monoisotopic (exact) mass is 247 g/mol. The summed E-state index contributed by atoms with van der Waals surface area (Å²) >= 11 is 0. The van der Waals surface area contributed by atoms with Crippen molar-refractivity contribution < 1.29 is 14.3 Å². The number of carbonyl (C=O) groups excluding carboxylic acids is 1. The lowest BCUT2D eigenvalue weighted by Crippen LogP contribution is -2.42. The molecule has 2 saturated heterocycles. The molecular formula is C14H17NO3. The van der Waals surface area contributed by atoms with Crippen LogP contribution in [0.2, 0.25) is 0 Å². The summed E-state index contributed by atoms with van der Waals surface area (Å²) in [6.45, 7) is 1.46. The van der Waals surface area contributed by atoms with Crippen LogP contribution in [-0.4, -0.2) is 43.2 Å². The van der Waals surface area contributed by atoms with E-state index in [-0.39, 0.29) is 12.0 Å². The van der Waals surface area contributed by atoms with Crippen LogP contribution in [-0.2, 0) is 16.0 Å². The van der Waals surface area contributed by atoms with Gasteiger partial charge in [-0.05, 0) is 24.1 Å². The Balaban J connectivity index is 1.67. The Morgan fingerprint density at radius 1 is 1.56 bits per heavy atom. The highest BCUT2D eigenvalue weighted by molar-refractivity contribution is 5.79. The molecule has 0 spiro atoms. The summed E-state index contributed by atoms with van der Waals surface area (Å²) in [6.07, 6.45) is 1.72.